The van der Waals surface area contributed by atoms with E-state index in [1.807, 2.05) is 37.3 Å². The van der Waals surface area contributed by atoms with Crippen molar-refractivity contribution in [3.05, 3.63) is 66.0 Å². The van der Waals surface area contributed by atoms with E-state index in [2.05, 4.69) is 46.9 Å². The van der Waals surface area contributed by atoms with Crippen molar-refractivity contribution in [3.63, 3.8) is 0 Å². The molecule has 3 heterocycles. The number of rotatable bonds is 14. The second-order valence-electron chi connectivity index (χ2n) is 10.7. The van der Waals surface area contributed by atoms with Gasteiger partial charge in [-0.2, -0.15) is 0 Å². The zero-order chi connectivity index (χ0) is 31.5. The van der Waals surface area contributed by atoms with E-state index in [9.17, 15) is 24.0 Å². The summed E-state index contributed by atoms with van der Waals surface area (Å²) < 4.78 is 1.54. The SMILES string of the molecule is CCCC[C@H](NC(=O)[C@@H](Cc1ccccc1)NC(=O)[C@H](Cc1cnc[nH]1)NC(C)=O)C(=O)N[C@H]1Cn2nncc2CNC1=O. The van der Waals surface area contributed by atoms with Gasteiger partial charge in [-0.3, -0.25) is 24.0 Å². The largest absolute Gasteiger partial charge is 0.349 e. The van der Waals surface area contributed by atoms with Crippen LogP contribution in [0.3, 0.4) is 0 Å². The van der Waals surface area contributed by atoms with Gasteiger partial charge in [0.15, 0.2) is 0 Å². The average Bonchev–Trinajstić information content (AvgIpc) is 3.66. The van der Waals surface area contributed by atoms with E-state index >= 15 is 0 Å². The van der Waals surface area contributed by atoms with Gasteiger partial charge in [0.1, 0.15) is 24.2 Å². The number of hydrogen-bond donors (Lipinski definition) is 6. The van der Waals surface area contributed by atoms with Crippen LogP contribution in [0.2, 0.25) is 0 Å². The first-order valence-corrected chi connectivity index (χ1v) is 14.6. The van der Waals surface area contributed by atoms with Gasteiger partial charge in [-0.25, -0.2) is 9.67 Å². The van der Waals surface area contributed by atoms with Gasteiger partial charge < -0.3 is 31.6 Å². The number of amides is 5. The van der Waals surface area contributed by atoms with Crippen molar-refractivity contribution in [2.45, 2.75) is 83.2 Å². The topological polar surface area (TPSA) is 205 Å². The molecule has 0 saturated carbocycles. The van der Waals surface area contributed by atoms with Crippen LogP contribution >= 0.6 is 0 Å². The number of nitrogens with one attached hydrogen (secondary N) is 6. The Morgan fingerprint density at radius 2 is 1.70 bits per heavy atom. The lowest BCUT2D eigenvalue weighted by atomic mass is 10.0. The zero-order valence-corrected chi connectivity index (χ0v) is 24.7. The van der Waals surface area contributed by atoms with E-state index in [4.69, 9.17) is 0 Å². The van der Waals surface area contributed by atoms with Gasteiger partial charge in [0.2, 0.25) is 29.5 Å². The number of carbonyl (C=O) groups excluding carboxylic acids is 5. The number of unbranched alkanes of at least 4 members (excludes halogenated alkanes) is 1. The summed E-state index contributed by atoms with van der Waals surface area (Å²) in [4.78, 5) is 72.1. The molecule has 0 spiro atoms. The molecule has 5 amide bonds. The molecule has 0 aliphatic carbocycles. The van der Waals surface area contributed by atoms with Gasteiger partial charge >= 0.3 is 0 Å². The number of carbonyl (C=O) groups is 5. The average molecular weight is 607 g/mol. The van der Waals surface area contributed by atoms with Crippen LogP contribution in [0.15, 0.2) is 49.1 Å². The van der Waals surface area contributed by atoms with Gasteiger partial charge in [0, 0.05) is 31.7 Å². The number of imidazole rings is 1. The molecule has 4 rings (SSSR count). The molecule has 15 nitrogen and oxygen atoms in total. The van der Waals surface area contributed by atoms with Crippen LogP contribution in [0.5, 0.6) is 0 Å². The minimum absolute atomic E-state index is 0.0922. The summed E-state index contributed by atoms with van der Waals surface area (Å²) in [7, 11) is 0. The third kappa shape index (κ3) is 8.96. The fourth-order valence-electron chi connectivity index (χ4n) is 4.86. The number of H-pyrrole nitrogens is 1. The molecule has 234 valence electrons. The van der Waals surface area contributed by atoms with E-state index in [1.54, 1.807) is 17.1 Å². The van der Waals surface area contributed by atoms with Crippen LogP contribution in [0, 0.1) is 0 Å². The number of fused-ring (bicyclic) bond motifs is 1. The van der Waals surface area contributed by atoms with E-state index in [-0.39, 0.29) is 31.8 Å². The third-order valence-corrected chi connectivity index (χ3v) is 7.20. The van der Waals surface area contributed by atoms with E-state index in [0.717, 1.165) is 12.0 Å². The molecule has 3 aromatic rings. The summed E-state index contributed by atoms with van der Waals surface area (Å²) in [6.45, 7) is 3.59. The Kier molecular flexibility index (Phi) is 11.2. The first kappa shape index (κ1) is 31.8. The Labute approximate surface area is 254 Å². The Morgan fingerprint density at radius 1 is 0.977 bits per heavy atom. The highest BCUT2D eigenvalue weighted by Gasteiger charge is 2.32. The highest BCUT2D eigenvalue weighted by molar-refractivity contribution is 5.95. The number of benzene rings is 1. The number of hydrogen-bond acceptors (Lipinski definition) is 8. The summed E-state index contributed by atoms with van der Waals surface area (Å²) in [5, 5.41) is 21.5. The predicted octanol–water partition coefficient (Wildman–Crippen LogP) is -0.734. The summed E-state index contributed by atoms with van der Waals surface area (Å²) in [6.07, 6.45) is 6.54. The minimum Gasteiger partial charge on any atom is -0.349 e. The number of nitrogens with zero attached hydrogens (tertiary/aromatic N) is 4. The number of aromatic nitrogens is 5. The standard InChI is InChI=1S/C29H38N10O5/c1-3-4-10-22(27(42)37-25-16-39-21(15-33-38-39)14-31-26(25)41)35-28(43)23(11-19-8-6-5-7-9-19)36-29(44)24(34-18(2)40)12-20-13-30-17-32-20/h5-9,13,15,17,22-25H,3-4,10-12,14,16H2,1-2H3,(H,30,32)(H,31,41)(H,34,40)(H,35,43)(H,36,44)(H,37,42)/t22-,23+,24-,25-/m0/s1. The minimum atomic E-state index is -1.07. The van der Waals surface area contributed by atoms with Gasteiger partial charge in [0.25, 0.3) is 0 Å². The Bertz CT molecular complexity index is 1430. The molecule has 0 radical (unpaired) electrons. The monoisotopic (exact) mass is 606 g/mol. The van der Waals surface area contributed by atoms with Crippen LogP contribution in [-0.4, -0.2) is 78.7 Å². The quantitative estimate of drug-likeness (QED) is 0.138. The number of aromatic amines is 1. The van der Waals surface area contributed by atoms with Crippen LogP contribution in [0.4, 0.5) is 0 Å². The molecule has 1 aromatic carbocycles. The van der Waals surface area contributed by atoms with Crippen molar-refractivity contribution < 1.29 is 24.0 Å². The molecular formula is C29H38N10O5. The molecule has 0 bridgehead atoms. The van der Waals surface area contributed by atoms with Crippen LogP contribution in [0.1, 0.15) is 50.1 Å². The lowest BCUT2D eigenvalue weighted by Crippen LogP contribution is -2.59. The Hall–Kier alpha value is -5.08. The van der Waals surface area contributed by atoms with Crippen LogP contribution < -0.4 is 26.6 Å². The molecule has 2 aromatic heterocycles. The Balaban J connectivity index is 1.50. The summed E-state index contributed by atoms with van der Waals surface area (Å²) in [5.41, 5.74) is 2.11. The van der Waals surface area contributed by atoms with Crippen LogP contribution in [-0.2, 0) is 49.9 Å². The summed E-state index contributed by atoms with van der Waals surface area (Å²) in [5.74, 6) is -2.47. The van der Waals surface area contributed by atoms with E-state index in [0.29, 0.717) is 24.2 Å². The van der Waals surface area contributed by atoms with Gasteiger partial charge in [-0.15, -0.1) is 5.10 Å². The fourth-order valence-corrected chi connectivity index (χ4v) is 4.86. The maximum atomic E-state index is 13.8. The summed E-state index contributed by atoms with van der Waals surface area (Å²) >= 11 is 0. The lowest BCUT2D eigenvalue weighted by Gasteiger charge is -2.26. The molecular weight excluding hydrogens is 568 g/mol. The van der Waals surface area contributed by atoms with Gasteiger partial charge in [-0.1, -0.05) is 55.3 Å². The normalized spacial score (nSPS) is 16.3. The maximum absolute atomic E-state index is 13.8. The molecule has 6 N–H and O–H groups in total. The Morgan fingerprint density at radius 3 is 2.39 bits per heavy atom. The zero-order valence-electron chi connectivity index (χ0n) is 24.7. The van der Waals surface area contributed by atoms with E-state index < -0.39 is 47.8 Å². The first-order valence-electron chi connectivity index (χ1n) is 14.6. The fraction of sp³-hybridized carbons (Fsp3) is 0.448. The molecule has 1 aliphatic rings. The second-order valence-corrected chi connectivity index (χ2v) is 10.7. The molecule has 4 atom stereocenters. The second kappa shape index (κ2) is 15.4. The van der Waals surface area contributed by atoms with Crippen molar-refractivity contribution in [2.24, 2.45) is 0 Å². The molecule has 1 aliphatic heterocycles. The molecule has 0 fully saturated rings. The van der Waals surface area contributed by atoms with Crippen molar-refractivity contribution >= 4 is 29.5 Å². The van der Waals surface area contributed by atoms with Crippen molar-refractivity contribution in [2.75, 3.05) is 0 Å². The third-order valence-electron chi connectivity index (χ3n) is 7.20. The van der Waals surface area contributed by atoms with E-state index in [1.165, 1.54) is 13.3 Å². The molecule has 0 unspecified atom stereocenters. The van der Waals surface area contributed by atoms with Crippen LogP contribution in [0.25, 0.3) is 0 Å². The summed E-state index contributed by atoms with van der Waals surface area (Å²) in [6, 6.07) is 5.19. The molecule has 15 heteroatoms. The van der Waals surface area contributed by atoms with Gasteiger partial charge in [-0.05, 0) is 12.0 Å². The molecule has 0 saturated heterocycles. The highest BCUT2D eigenvalue weighted by atomic mass is 16.2. The maximum Gasteiger partial charge on any atom is 0.244 e. The first-order chi connectivity index (χ1) is 21.2. The van der Waals surface area contributed by atoms with Gasteiger partial charge in [0.05, 0.1) is 31.3 Å². The molecule has 44 heavy (non-hydrogen) atoms. The lowest BCUT2D eigenvalue weighted by molar-refractivity contribution is -0.134. The van der Waals surface area contributed by atoms with Crippen molar-refractivity contribution in [1.29, 1.82) is 0 Å². The van der Waals surface area contributed by atoms with Crippen molar-refractivity contribution in [3.8, 4) is 0 Å². The highest BCUT2D eigenvalue weighted by Crippen LogP contribution is 2.09. The van der Waals surface area contributed by atoms with Crippen molar-refractivity contribution in [1.82, 2.24) is 51.5 Å². The smallest absolute Gasteiger partial charge is 0.244 e. The predicted molar refractivity (Wildman–Crippen MR) is 157 cm³/mol.